The van der Waals surface area contributed by atoms with Gasteiger partial charge in [-0.15, -0.1) is 0 Å². The SMILES string of the molecule is COc1ccc(OC)c(C(=O)N2CCc3nc(C4CCNC4)ncc3C2)c1. The van der Waals surface area contributed by atoms with Crippen molar-refractivity contribution in [3.63, 3.8) is 0 Å². The molecule has 0 radical (unpaired) electrons. The number of benzene rings is 1. The summed E-state index contributed by atoms with van der Waals surface area (Å²) in [6, 6.07) is 5.27. The number of rotatable bonds is 4. The van der Waals surface area contributed by atoms with Gasteiger partial charge >= 0.3 is 0 Å². The lowest BCUT2D eigenvalue weighted by Gasteiger charge is -2.29. The summed E-state index contributed by atoms with van der Waals surface area (Å²) in [5.74, 6) is 2.44. The first-order valence-electron chi connectivity index (χ1n) is 9.26. The van der Waals surface area contributed by atoms with Crippen molar-refractivity contribution in [1.82, 2.24) is 20.2 Å². The number of aromatic nitrogens is 2. The minimum Gasteiger partial charge on any atom is -0.497 e. The third kappa shape index (κ3) is 3.47. The molecular weight excluding hydrogens is 344 g/mol. The number of methoxy groups -OCH3 is 2. The van der Waals surface area contributed by atoms with Crippen LogP contribution >= 0.6 is 0 Å². The summed E-state index contributed by atoms with van der Waals surface area (Å²) in [5.41, 5.74) is 2.59. The smallest absolute Gasteiger partial charge is 0.258 e. The van der Waals surface area contributed by atoms with E-state index in [0.29, 0.717) is 36.1 Å². The first kappa shape index (κ1) is 17.7. The highest BCUT2D eigenvalue weighted by atomic mass is 16.5. The molecule has 1 N–H and O–H groups in total. The van der Waals surface area contributed by atoms with Gasteiger partial charge in [0.25, 0.3) is 5.91 Å². The molecule has 1 fully saturated rings. The van der Waals surface area contributed by atoms with Crippen LogP contribution in [0, 0.1) is 0 Å². The van der Waals surface area contributed by atoms with E-state index < -0.39 is 0 Å². The highest BCUT2D eigenvalue weighted by Crippen LogP contribution is 2.28. The van der Waals surface area contributed by atoms with Crippen LogP contribution in [0.4, 0.5) is 0 Å². The van der Waals surface area contributed by atoms with Gasteiger partial charge in [-0.2, -0.15) is 0 Å². The van der Waals surface area contributed by atoms with Gasteiger partial charge in [0, 0.05) is 43.7 Å². The van der Waals surface area contributed by atoms with Crippen molar-refractivity contribution >= 4 is 5.91 Å². The van der Waals surface area contributed by atoms with Crippen molar-refractivity contribution in [3.8, 4) is 11.5 Å². The van der Waals surface area contributed by atoms with Gasteiger partial charge in [-0.3, -0.25) is 4.79 Å². The number of carbonyl (C=O) groups is 1. The zero-order valence-corrected chi connectivity index (χ0v) is 15.7. The second-order valence-electron chi connectivity index (χ2n) is 6.93. The van der Waals surface area contributed by atoms with Crippen LogP contribution in [0.2, 0.25) is 0 Å². The second kappa shape index (κ2) is 7.52. The molecule has 0 aliphatic carbocycles. The molecule has 1 amide bonds. The van der Waals surface area contributed by atoms with E-state index in [1.807, 2.05) is 11.1 Å². The van der Waals surface area contributed by atoms with Gasteiger partial charge in [-0.1, -0.05) is 0 Å². The largest absolute Gasteiger partial charge is 0.497 e. The quantitative estimate of drug-likeness (QED) is 0.886. The third-order valence-corrected chi connectivity index (χ3v) is 5.30. The summed E-state index contributed by atoms with van der Waals surface area (Å²) in [6.07, 6.45) is 3.71. The minimum atomic E-state index is -0.0690. The molecule has 0 bridgehead atoms. The molecule has 4 rings (SSSR count). The maximum Gasteiger partial charge on any atom is 0.258 e. The predicted octanol–water partition coefficient (Wildman–Crippen LogP) is 1.77. The Labute approximate surface area is 158 Å². The van der Waals surface area contributed by atoms with Crippen LogP contribution < -0.4 is 14.8 Å². The van der Waals surface area contributed by atoms with Gasteiger partial charge in [-0.25, -0.2) is 9.97 Å². The van der Waals surface area contributed by atoms with Crippen molar-refractivity contribution in [1.29, 1.82) is 0 Å². The zero-order chi connectivity index (χ0) is 18.8. The number of nitrogens with zero attached hydrogens (tertiary/aromatic N) is 3. The molecule has 7 heteroatoms. The van der Waals surface area contributed by atoms with Crippen LogP contribution in [0.1, 0.15) is 39.8 Å². The van der Waals surface area contributed by atoms with Gasteiger partial charge in [-0.05, 0) is 31.2 Å². The molecule has 1 saturated heterocycles. The fourth-order valence-corrected chi connectivity index (χ4v) is 3.73. The van der Waals surface area contributed by atoms with E-state index in [-0.39, 0.29) is 5.91 Å². The Hall–Kier alpha value is -2.67. The number of ether oxygens (including phenoxy) is 2. The Kier molecular flexibility index (Phi) is 4.94. The fourth-order valence-electron chi connectivity index (χ4n) is 3.73. The molecule has 1 aromatic carbocycles. The normalized spacial score (nSPS) is 18.9. The number of hydrogen-bond donors (Lipinski definition) is 1. The lowest BCUT2D eigenvalue weighted by atomic mass is 10.0. The number of nitrogens with one attached hydrogen (secondary N) is 1. The highest BCUT2D eigenvalue weighted by molar-refractivity contribution is 5.97. The zero-order valence-electron chi connectivity index (χ0n) is 15.7. The van der Waals surface area contributed by atoms with E-state index in [9.17, 15) is 4.79 Å². The second-order valence-corrected chi connectivity index (χ2v) is 6.93. The standard InChI is InChI=1S/C20H24N4O3/c1-26-15-3-4-18(27-2)16(9-15)20(25)24-8-6-17-14(12-24)11-22-19(23-17)13-5-7-21-10-13/h3-4,9,11,13,21H,5-8,10,12H2,1-2H3. The van der Waals surface area contributed by atoms with Gasteiger partial charge in [0.15, 0.2) is 0 Å². The van der Waals surface area contributed by atoms with Gasteiger partial charge < -0.3 is 19.7 Å². The Bertz CT molecular complexity index is 849. The van der Waals surface area contributed by atoms with Crippen LogP contribution in [0.15, 0.2) is 24.4 Å². The average molecular weight is 368 g/mol. The van der Waals surface area contributed by atoms with E-state index in [2.05, 4.69) is 10.3 Å². The van der Waals surface area contributed by atoms with Crippen LogP contribution in [-0.2, 0) is 13.0 Å². The molecule has 3 heterocycles. The lowest BCUT2D eigenvalue weighted by molar-refractivity contribution is 0.0729. The van der Waals surface area contributed by atoms with E-state index in [4.69, 9.17) is 14.5 Å². The molecule has 2 aliphatic heterocycles. The molecule has 2 aromatic rings. The van der Waals surface area contributed by atoms with E-state index >= 15 is 0 Å². The molecule has 142 valence electrons. The minimum absolute atomic E-state index is 0.0690. The van der Waals surface area contributed by atoms with Gasteiger partial charge in [0.2, 0.25) is 0 Å². The van der Waals surface area contributed by atoms with Crippen LogP contribution in [-0.4, -0.2) is 54.6 Å². The fraction of sp³-hybridized carbons (Fsp3) is 0.450. The molecule has 1 unspecified atom stereocenters. The molecular formula is C20H24N4O3. The molecule has 27 heavy (non-hydrogen) atoms. The number of carbonyl (C=O) groups excluding carboxylic acids is 1. The molecule has 0 saturated carbocycles. The molecule has 1 aromatic heterocycles. The Balaban J connectivity index is 1.55. The maximum absolute atomic E-state index is 13.1. The van der Waals surface area contributed by atoms with Crippen molar-refractivity contribution in [3.05, 3.63) is 47.0 Å². The Morgan fingerprint density at radius 2 is 2.19 bits per heavy atom. The van der Waals surface area contributed by atoms with Gasteiger partial charge in [0.1, 0.15) is 17.3 Å². The van der Waals surface area contributed by atoms with Crippen molar-refractivity contribution in [2.75, 3.05) is 33.9 Å². The summed E-state index contributed by atoms with van der Waals surface area (Å²) in [4.78, 5) is 24.3. The van der Waals surface area contributed by atoms with Gasteiger partial charge in [0.05, 0.1) is 25.5 Å². The summed E-state index contributed by atoms with van der Waals surface area (Å²) in [6.45, 7) is 3.11. The van der Waals surface area contributed by atoms with E-state index in [1.165, 1.54) is 0 Å². The maximum atomic E-state index is 13.1. The highest BCUT2D eigenvalue weighted by Gasteiger charge is 2.27. The van der Waals surface area contributed by atoms with Crippen molar-refractivity contribution < 1.29 is 14.3 Å². The Morgan fingerprint density at radius 3 is 2.93 bits per heavy atom. The first-order valence-corrected chi connectivity index (χ1v) is 9.26. The molecule has 7 nitrogen and oxygen atoms in total. The van der Waals surface area contributed by atoms with Crippen LogP contribution in [0.5, 0.6) is 11.5 Å². The summed E-state index contributed by atoms with van der Waals surface area (Å²) in [7, 11) is 3.15. The van der Waals surface area contributed by atoms with Crippen LogP contribution in [0.25, 0.3) is 0 Å². The summed E-state index contributed by atoms with van der Waals surface area (Å²) in [5, 5.41) is 3.36. The topological polar surface area (TPSA) is 76.6 Å². The van der Waals surface area contributed by atoms with Crippen molar-refractivity contribution in [2.24, 2.45) is 0 Å². The summed E-state index contributed by atoms with van der Waals surface area (Å²) < 4.78 is 10.6. The van der Waals surface area contributed by atoms with Crippen LogP contribution in [0.3, 0.4) is 0 Å². The van der Waals surface area contributed by atoms with E-state index in [1.54, 1.807) is 32.4 Å². The van der Waals surface area contributed by atoms with Crippen molar-refractivity contribution in [2.45, 2.75) is 25.3 Å². The predicted molar refractivity (Wildman–Crippen MR) is 100 cm³/mol. The number of hydrogen-bond acceptors (Lipinski definition) is 6. The first-order chi connectivity index (χ1) is 13.2. The third-order valence-electron chi connectivity index (χ3n) is 5.30. The molecule has 0 spiro atoms. The van der Waals surface area contributed by atoms with E-state index in [0.717, 1.165) is 43.0 Å². The number of fused-ring (bicyclic) bond motifs is 1. The molecule has 1 atom stereocenters. The molecule has 2 aliphatic rings. The lowest BCUT2D eigenvalue weighted by Crippen LogP contribution is -2.37. The monoisotopic (exact) mass is 368 g/mol. The average Bonchev–Trinajstić information content (AvgIpc) is 3.27. The summed E-state index contributed by atoms with van der Waals surface area (Å²) >= 11 is 0. The number of amides is 1. The Morgan fingerprint density at radius 1 is 1.30 bits per heavy atom.